The number of Topliss-reactive ketones (excluding diaryl/α,β-unsaturated/α-hetero) is 1. The van der Waals surface area contributed by atoms with Crippen LogP contribution in [0, 0.1) is 17.3 Å². The Bertz CT molecular complexity index is 415. The second-order valence-corrected chi connectivity index (χ2v) is 6.34. The van der Waals surface area contributed by atoms with E-state index in [2.05, 4.69) is 19.1 Å². The van der Waals surface area contributed by atoms with Gasteiger partial charge in [-0.1, -0.05) is 31.9 Å². The van der Waals surface area contributed by atoms with Crippen LogP contribution in [0.4, 0.5) is 0 Å². The molecule has 0 aromatic heterocycles. The molecular formula is C16H22O. The van der Waals surface area contributed by atoms with Crippen molar-refractivity contribution >= 4 is 5.78 Å². The zero-order valence-electron chi connectivity index (χ0n) is 11.0. The van der Waals surface area contributed by atoms with E-state index in [4.69, 9.17) is 0 Å². The number of rotatable bonds is 0. The Hall–Kier alpha value is -0.850. The van der Waals surface area contributed by atoms with Crippen LogP contribution in [0.25, 0.3) is 0 Å². The minimum absolute atomic E-state index is 0.375. The quantitative estimate of drug-likeness (QED) is 0.613. The fourth-order valence-electron chi connectivity index (χ4n) is 4.27. The summed E-state index contributed by atoms with van der Waals surface area (Å²) in [5.41, 5.74) is 2.82. The Kier molecular flexibility index (Phi) is 2.53. The molecule has 3 rings (SSSR count). The first-order valence-electron chi connectivity index (χ1n) is 7.05. The van der Waals surface area contributed by atoms with Crippen molar-refractivity contribution < 1.29 is 4.79 Å². The molecule has 1 saturated carbocycles. The van der Waals surface area contributed by atoms with Gasteiger partial charge in [0, 0.05) is 6.42 Å². The highest BCUT2D eigenvalue weighted by Crippen LogP contribution is 2.53. The third-order valence-electron chi connectivity index (χ3n) is 5.39. The van der Waals surface area contributed by atoms with Crippen LogP contribution in [0.15, 0.2) is 23.3 Å². The molecule has 1 heteroatoms. The lowest BCUT2D eigenvalue weighted by molar-refractivity contribution is -0.116. The minimum Gasteiger partial charge on any atom is -0.295 e. The van der Waals surface area contributed by atoms with Gasteiger partial charge < -0.3 is 0 Å². The molecule has 17 heavy (non-hydrogen) atoms. The fourth-order valence-corrected chi connectivity index (χ4v) is 4.27. The zero-order valence-corrected chi connectivity index (χ0v) is 11.0. The Labute approximate surface area is 104 Å². The van der Waals surface area contributed by atoms with Crippen LogP contribution in [0.1, 0.15) is 52.4 Å². The normalized spacial score (nSPS) is 41.2. The van der Waals surface area contributed by atoms with E-state index >= 15 is 0 Å². The summed E-state index contributed by atoms with van der Waals surface area (Å²) in [6.45, 7) is 4.45. The summed E-state index contributed by atoms with van der Waals surface area (Å²) in [6.07, 6.45) is 12.0. The van der Waals surface area contributed by atoms with Crippen LogP contribution in [-0.2, 0) is 4.79 Å². The van der Waals surface area contributed by atoms with E-state index in [1.54, 1.807) is 0 Å². The largest absolute Gasteiger partial charge is 0.295 e. The number of carbonyl (C=O) groups excluding carboxylic acids is 1. The van der Waals surface area contributed by atoms with Gasteiger partial charge in [-0.3, -0.25) is 4.79 Å². The summed E-state index contributed by atoms with van der Waals surface area (Å²) < 4.78 is 0. The summed E-state index contributed by atoms with van der Waals surface area (Å²) >= 11 is 0. The highest BCUT2D eigenvalue weighted by molar-refractivity contribution is 5.97. The van der Waals surface area contributed by atoms with Crippen LogP contribution in [0.3, 0.4) is 0 Å². The molecule has 0 N–H and O–H groups in total. The van der Waals surface area contributed by atoms with Crippen LogP contribution in [-0.4, -0.2) is 5.78 Å². The number of allylic oxidation sites excluding steroid dienone is 4. The second kappa shape index (κ2) is 3.83. The SMILES string of the molecule is CC1=C2C=C[C@]3(C)CCCC[C@H]3[C@@H]2CCC1=O. The molecule has 1 fully saturated rings. The first kappa shape index (κ1) is 11.3. The van der Waals surface area contributed by atoms with Crippen LogP contribution in [0.2, 0.25) is 0 Å². The molecule has 1 nitrogen and oxygen atoms in total. The third kappa shape index (κ3) is 1.63. The van der Waals surface area contributed by atoms with Gasteiger partial charge in [0.1, 0.15) is 0 Å². The van der Waals surface area contributed by atoms with Gasteiger partial charge in [-0.05, 0) is 54.6 Å². The van der Waals surface area contributed by atoms with E-state index in [1.165, 1.54) is 31.3 Å². The van der Waals surface area contributed by atoms with Gasteiger partial charge >= 0.3 is 0 Å². The number of hydrogen-bond acceptors (Lipinski definition) is 1. The first-order chi connectivity index (χ1) is 8.12. The standard InChI is InChI=1S/C16H22O/c1-11-12-8-10-16(2)9-4-3-5-14(16)13(12)6-7-15(11)17/h8,10,13-14H,3-7,9H2,1-2H3/t13-,14+,16+/m1/s1. The number of carbonyl (C=O) groups is 1. The average molecular weight is 230 g/mol. The van der Waals surface area contributed by atoms with Crippen molar-refractivity contribution in [3.8, 4) is 0 Å². The van der Waals surface area contributed by atoms with Crippen molar-refractivity contribution in [2.75, 3.05) is 0 Å². The molecule has 3 aliphatic rings. The van der Waals surface area contributed by atoms with Gasteiger partial charge in [0.25, 0.3) is 0 Å². The van der Waals surface area contributed by atoms with Gasteiger partial charge in [0.05, 0.1) is 0 Å². The summed E-state index contributed by atoms with van der Waals surface area (Å²) in [4.78, 5) is 11.8. The van der Waals surface area contributed by atoms with Crippen molar-refractivity contribution in [3.05, 3.63) is 23.3 Å². The van der Waals surface area contributed by atoms with Crippen LogP contribution >= 0.6 is 0 Å². The first-order valence-corrected chi connectivity index (χ1v) is 7.05. The lowest BCUT2D eigenvalue weighted by atomic mass is 9.56. The molecule has 0 spiro atoms. The van der Waals surface area contributed by atoms with E-state index in [1.807, 2.05) is 6.92 Å². The minimum atomic E-state index is 0.375. The average Bonchev–Trinajstić information content (AvgIpc) is 2.33. The highest BCUT2D eigenvalue weighted by Gasteiger charge is 2.44. The van der Waals surface area contributed by atoms with E-state index in [9.17, 15) is 4.79 Å². The van der Waals surface area contributed by atoms with Crippen LogP contribution in [0.5, 0.6) is 0 Å². The second-order valence-electron chi connectivity index (χ2n) is 6.34. The molecular weight excluding hydrogens is 208 g/mol. The number of fused-ring (bicyclic) bond motifs is 3. The van der Waals surface area contributed by atoms with Crippen LogP contribution < -0.4 is 0 Å². The molecule has 0 bridgehead atoms. The predicted octanol–water partition coefficient (Wildman–Crippen LogP) is 4.05. The molecule has 0 heterocycles. The van der Waals surface area contributed by atoms with Crippen molar-refractivity contribution in [2.24, 2.45) is 17.3 Å². The molecule has 0 amide bonds. The predicted molar refractivity (Wildman–Crippen MR) is 69.6 cm³/mol. The van der Waals surface area contributed by atoms with Gasteiger partial charge in [-0.25, -0.2) is 0 Å². The van der Waals surface area contributed by atoms with Crippen molar-refractivity contribution in [1.82, 2.24) is 0 Å². The molecule has 0 aromatic carbocycles. The maximum absolute atomic E-state index is 11.8. The lowest BCUT2D eigenvalue weighted by Crippen LogP contribution is -2.39. The third-order valence-corrected chi connectivity index (χ3v) is 5.39. The molecule has 0 aromatic rings. The molecule has 0 unspecified atom stereocenters. The fraction of sp³-hybridized carbons (Fsp3) is 0.688. The van der Waals surface area contributed by atoms with E-state index < -0.39 is 0 Å². The number of hydrogen-bond donors (Lipinski definition) is 0. The topological polar surface area (TPSA) is 17.1 Å². The summed E-state index contributed by atoms with van der Waals surface area (Å²) in [5.74, 6) is 1.84. The smallest absolute Gasteiger partial charge is 0.158 e. The highest BCUT2D eigenvalue weighted by atomic mass is 16.1. The molecule has 0 saturated heterocycles. The molecule has 3 aliphatic carbocycles. The Balaban J connectivity index is 2.05. The van der Waals surface area contributed by atoms with Gasteiger partial charge in [-0.15, -0.1) is 0 Å². The van der Waals surface area contributed by atoms with E-state index in [-0.39, 0.29) is 0 Å². The van der Waals surface area contributed by atoms with Crippen molar-refractivity contribution in [1.29, 1.82) is 0 Å². The van der Waals surface area contributed by atoms with E-state index in [0.29, 0.717) is 17.1 Å². The summed E-state index contributed by atoms with van der Waals surface area (Å²) in [7, 11) is 0. The van der Waals surface area contributed by atoms with Gasteiger partial charge in [-0.2, -0.15) is 0 Å². The van der Waals surface area contributed by atoms with Gasteiger partial charge in [0.2, 0.25) is 0 Å². The Morgan fingerprint density at radius 1 is 1.29 bits per heavy atom. The molecule has 92 valence electrons. The van der Waals surface area contributed by atoms with Crippen molar-refractivity contribution in [2.45, 2.75) is 52.4 Å². The van der Waals surface area contributed by atoms with Gasteiger partial charge in [0.15, 0.2) is 5.78 Å². The number of ketones is 1. The maximum atomic E-state index is 11.8. The Morgan fingerprint density at radius 2 is 2.12 bits per heavy atom. The monoisotopic (exact) mass is 230 g/mol. The molecule has 0 radical (unpaired) electrons. The van der Waals surface area contributed by atoms with E-state index in [0.717, 1.165) is 24.3 Å². The van der Waals surface area contributed by atoms with Crippen molar-refractivity contribution in [3.63, 3.8) is 0 Å². The lowest BCUT2D eigenvalue weighted by Gasteiger charge is -2.48. The molecule has 0 aliphatic heterocycles. The zero-order chi connectivity index (χ0) is 12.0. The maximum Gasteiger partial charge on any atom is 0.158 e. The summed E-state index contributed by atoms with van der Waals surface area (Å²) in [6, 6.07) is 0. The molecule has 3 atom stereocenters. The summed E-state index contributed by atoms with van der Waals surface area (Å²) in [5, 5.41) is 0. The Morgan fingerprint density at radius 3 is 2.94 bits per heavy atom.